The summed E-state index contributed by atoms with van der Waals surface area (Å²) in [5, 5.41) is 3.43. The maximum absolute atomic E-state index is 12.6. The Morgan fingerprint density at radius 3 is 2.85 bits per heavy atom. The Morgan fingerprint density at radius 2 is 2.08 bits per heavy atom. The van der Waals surface area contributed by atoms with Crippen molar-refractivity contribution in [2.24, 2.45) is 11.8 Å². The number of nitrogens with one attached hydrogen (secondary N) is 1. The molecule has 1 N–H and O–H groups in total. The summed E-state index contributed by atoms with van der Waals surface area (Å²) in [4.78, 5) is 24.2. The molecular formula is C20H28N4O2. The molecule has 140 valence electrons. The van der Waals surface area contributed by atoms with Crippen LogP contribution in [0.25, 0.3) is 0 Å². The smallest absolute Gasteiger partial charge is 0.223 e. The third-order valence-corrected chi connectivity index (χ3v) is 6.45. The number of aryl methyl sites for hydroxylation is 1. The van der Waals surface area contributed by atoms with Crippen LogP contribution in [-0.2, 0) is 21.6 Å². The Bertz CT molecular complexity index is 729. The minimum atomic E-state index is -0.156. The molecule has 1 atom stereocenters. The zero-order valence-corrected chi connectivity index (χ0v) is 15.6. The van der Waals surface area contributed by atoms with Gasteiger partial charge in [0.25, 0.3) is 0 Å². The van der Waals surface area contributed by atoms with Crippen molar-refractivity contribution in [1.29, 1.82) is 0 Å². The molecule has 3 heterocycles. The molecule has 6 nitrogen and oxygen atoms in total. The number of ether oxygens (including phenoxy) is 1. The highest BCUT2D eigenvalue weighted by atomic mass is 16.5. The number of anilines is 1. The van der Waals surface area contributed by atoms with Gasteiger partial charge in [0, 0.05) is 37.3 Å². The lowest BCUT2D eigenvalue weighted by Crippen LogP contribution is -2.42. The summed E-state index contributed by atoms with van der Waals surface area (Å²) in [7, 11) is 0. The van der Waals surface area contributed by atoms with Crippen molar-refractivity contribution < 1.29 is 9.53 Å². The molecule has 5 rings (SSSR count). The summed E-state index contributed by atoms with van der Waals surface area (Å²) in [5.74, 6) is 2.48. The fourth-order valence-electron chi connectivity index (χ4n) is 4.36. The molecule has 1 saturated heterocycles. The first-order chi connectivity index (χ1) is 12.6. The van der Waals surface area contributed by atoms with Crippen LogP contribution >= 0.6 is 0 Å². The Hall–Kier alpha value is -1.69. The lowest BCUT2D eigenvalue weighted by molar-refractivity contribution is -0.130. The summed E-state index contributed by atoms with van der Waals surface area (Å²) >= 11 is 0. The predicted molar refractivity (Wildman–Crippen MR) is 97.9 cm³/mol. The van der Waals surface area contributed by atoms with E-state index in [9.17, 15) is 4.79 Å². The zero-order chi connectivity index (χ0) is 17.7. The van der Waals surface area contributed by atoms with E-state index >= 15 is 0 Å². The molecule has 0 bridgehead atoms. The van der Waals surface area contributed by atoms with Crippen LogP contribution in [0, 0.1) is 18.8 Å². The van der Waals surface area contributed by atoms with Crippen LogP contribution in [0.4, 0.5) is 5.95 Å². The van der Waals surface area contributed by atoms with Gasteiger partial charge >= 0.3 is 0 Å². The maximum Gasteiger partial charge on any atom is 0.223 e. The van der Waals surface area contributed by atoms with Gasteiger partial charge in [-0.1, -0.05) is 0 Å². The Morgan fingerprint density at radius 1 is 1.27 bits per heavy atom. The van der Waals surface area contributed by atoms with E-state index in [0.717, 1.165) is 61.3 Å². The molecule has 4 aliphatic rings. The number of fused-ring (bicyclic) bond motifs is 2. The molecule has 0 radical (unpaired) electrons. The molecule has 0 aromatic carbocycles. The van der Waals surface area contributed by atoms with Crippen LogP contribution in [0.2, 0.25) is 0 Å². The number of hydrogen-bond donors (Lipinski definition) is 1. The van der Waals surface area contributed by atoms with E-state index in [2.05, 4.69) is 17.2 Å². The molecule has 1 aromatic rings. The largest absolute Gasteiger partial charge is 0.376 e. The summed E-state index contributed by atoms with van der Waals surface area (Å²) in [6, 6.07) is 0. The summed E-state index contributed by atoms with van der Waals surface area (Å²) < 4.78 is 5.95. The van der Waals surface area contributed by atoms with Crippen LogP contribution in [0.3, 0.4) is 0 Å². The Kier molecular flexibility index (Phi) is 3.92. The first-order valence-corrected chi connectivity index (χ1v) is 10.1. The van der Waals surface area contributed by atoms with Gasteiger partial charge in [0.15, 0.2) is 0 Å². The highest BCUT2D eigenvalue weighted by Gasteiger charge is 2.47. The van der Waals surface area contributed by atoms with E-state index in [1.54, 1.807) is 0 Å². The van der Waals surface area contributed by atoms with E-state index in [1.807, 2.05) is 4.90 Å². The molecule has 1 aromatic heterocycles. The number of carbonyl (C=O) groups is 1. The van der Waals surface area contributed by atoms with E-state index < -0.39 is 0 Å². The first-order valence-electron chi connectivity index (χ1n) is 10.1. The van der Waals surface area contributed by atoms with Gasteiger partial charge in [0.2, 0.25) is 11.9 Å². The number of likely N-dealkylation sites (tertiary alicyclic amines) is 1. The van der Waals surface area contributed by atoms with Crippen molar-refractivity contribution in [3.63, 3.8) is 0 Å². The minimum Gasteiger partial charge on any atom is -0.376 e. The van der Waals surface area contributed by atoms with Gasteiger partial charge in [0.1, 0.15) is 0 Å². The molecule has 0 unspecified atom stereocenters. The Balaban J connectivity index is 1.39. The van der Waals surface area contributed by atoms with Crippen LogP contribution in [-0.4, -0.2) is 47.0 Å². The SMILES string of the molecule is Cc1nc(NCC2CC2)nc2c1COC[C@]21CCN(C(=O)CC2CC2)C1. The van der Waals surface area contributed by atoms with Crippen molar-refractivity contribution >= 4 is 11.9 Å². The maximum atomic E-state index is 12.6. The number of carbonyl (C=O) groups excluding carboxylic acids is 1. The number of amides is 1. The molecule has 2 aliphatic carbocycles. The highest BCUT2D eigenvalue weighted by molar-refractivity contribution is 5.77. The summed E-state index contributed by atoms with van der Waals surface area (Å²) in [6.07, 6.45) is 6.73. The number of aromatic nitrogens is 2. The molecule has 1 amide bonds. The van der Waals surface area contributed by atoms with Crippen LogP contribution in [0.15, 0.2) is 0 Å². The lowest BCUT2D eigenvalue weighted by Gasteiger charge is -2.35. The van der Waals surface area contributed by atoms with Crippen molar-refractivity contribution in [3.05, 3.63) is 17.0 Å². The average molecular weight is 356 g/mol. The van der Waals surface area contributed by atoms with Gasteiger partial charge in [-0.2, -0.15) is 0 Å². The topological polar surface area (TPSA) is 67.4 Å². The number of hydrogen-bond acceptors (Lipinski definition) is 5. The second kappa shape index (κ2) is 6.19. The zero-order valence-electron chi connectivity index (χ0n) is 15.6. The molecule has 2 aliphatic heterocycles. The van der Waals surface area contributed by atoms with E-state index in [0.29, 0.717) is 25.0 Å². The van der Waals surface area contributed by atoms with Crippen molar-refractivity contribution in [3.8, 4) is 0 Å². The van der Waals surface area contributed by atoms with Crippen molar-refractivity contribution in [2.75, 3.05) is 31.6 Å². The van der Waals surface area contributed by atoms with E-state index in [-0.39, 0.29) is 5.41 Å². The van der Waals surface area contributed by atoms with E-state index in [4.69, 9.17) is 9.72 Å². The molecule has 26 heavy (non-hydrogen) atoms. The van der Waals surface area contributed by atoms with Crippen LogP contribution in [0.1, 0.15) is 55.5 Å². The van der Waals surface area contributed by atoms with Crippen molar-refractivity contribution in [2.45, 2.75) is 57.5 Å². The predicted octanol–water partition coefficient (Wildman–Crippen LogP) is 2.41. The second-order valence-corrected chi connectivity index (χ2v) is 8.77. The highest BCUT2D eigenvalue weighted by Crippen LogP contribution is 2.41. The number of nitrogens with zero attached hydrogens (tertiary/aromatic N) is 3. The minimum absolute atomic E-state index is 0.156. The quantitative estimate of drug-likeness (QED) is 0.877. The van der Waals surface area contributed by atoms with Gasteiger partial charge in [0.05, 0.1) is 24.3 Å². The third-order valence-electron chi connectivity index (χ3n) is 6.45. The lowest BCUT2D eigenvalue weighted by atomic mass is 9.80. The standard InChI is InChI=1S/C20H28N4O2/c1-13-16-10-26-12-20(6-7-24(11-20)17(25)8-14-2-3-14)18(16)23-19(22-13)21-9-15-4-5-15/h14-15H,2-12H2,1H3,(H,21,22,23)/t20-/m1/s1. The van der Waals surface area contributed by atoms with Crippen LogP contribution in [0.5, 0.6) is 0 Å². The van der Waals surface area contributed by atoms with Gasteiger partial charge in [-0.05, 0) is 50.9 Å². The molecule has 1 spiro atoms. The third kappa shape index (κ3) is 3.08. The summed E-state index contributed by atoms with van der Waals surface area (Å²) in [5.41, 5.74) is 3.10. The van der Waals surface area contributed by atoms with Gasteiger partial charge in [-0.3, -0.25) is 4.79 Å². The molecule has 2 saturated carbocycles. The second-order valence-electron chi connectivity index (χ2n) is 8.77. The molecule has 6 heteroatoms. The fraction of sp³-hybridized carbons (Fsp3) is 0.750. The Labute approximate surface area is 154 Å². The van der Waals surface area contributed by atoms with Gasteiger partial charge in [-0.15, -0.1) is 0 Å². The average Bonchev–Trinajstić information content (AvgIpc) is 3.55. The van der Waals surface area contributed by atoms with Gasteiger partial charge in [-0.25, -0.2) is 9.97 Å². The monoisotopic (exact) mass is 356 g/mol. The summed E-state index contributed by atoms with van der Waals surface area (Å²) in [6.45, 7) is 5.82. The fourth-order valence-corrected chi connectivity index (χ4v) is 4.36. The number of rotatable bonds is 5. The van der Waals surface area contributed by atoms with Gasteiger partial charge < -0.3 is 15.0 Å². The van der Waals surface area contributed by atoms with Crippen LogP contribution < -0.4 is 5.32 Å². The first kappa shape index (κ1) is 16.5. The van der Waals surface area contributed by atoms with E-state index in [1.165, 1.54) is 25.7 Å². The van der Waals surface area contributed by atoms with Crippen molar-refractivity contribution in [1.82, 2.24) is 14.9 Å². The molecular weight excluding hydrogens is 328 g/mol. The normalized spacial score (nSPS) is 27.7. The molecule has 3 fully saturated rings.